The maximum Gasteiger partial charge on any atom is 0.273 e. The summed E-state index contributed by atoms with van der Waals surface area (Å²) < 4.78 is 0.827. The van der Waals surface area contributed by atoms with Crippen LogP contribution in [0.15, 0.2) is 17.0 Å². The van der Waals surface area contributed by atoms with Crippen molar-refractivity contribution >= 4 is 32.9 Å². The normalized spacial score (nSPS) is 19.7. The molecule has 2 aromatic heterocycles. The number of carbonyl (C=O) groups excluding carboxylic acids is 1. The Kier molecular flexibility index (Phi) is 2.81. The van der Waals surface area contributed by atoms with Crippen LogP contribution in [0.3, 0.4) is 0 Å². The molecule has 0 saturated carbocycles. The highest BCUT2D eigenvalue weighted by atomic mass is 79.9. The largest absolute Gasteiger partial charge is 0.345 e. The van der Waals surface area contributed by atoms with Gasteiger partial charge in [0.2, 0.25) is 0 Å². The van der Waals surface area contributed by atoms with E-state index in [0.29, 0.717) is 17.4 Å². The van der Waals surface area contributed by atoms with Crippen LogP contribution in [0.4, 0.5) is 0 Å². The Morgan fingerprint density at radius 2 is 2.39 bits per heavy atom. The van der Waals surface area contributed by atoms with Crippen LogP contribution in [0.5, 0.6) is 0 Å². The molecule has 18 heavy (non-hydrogen) atoms. The van der Waals surface area contributed by atoms with Crippen molar-refractivity contribution in [3.63, 3.8) is 0 Å². The van der Waals surface area contributed by atoms with Gasteiger partial charge < -0.3 is 9.88 Å². The lowest BCUT2D eigenvalue weighted by Gasteiger charge is -2.21. The third kappa shape index (κ3) is 1.71. The van der Waals surface area contributed by atoms with E-state index in [0.717, 1.165) is 29.2 Å². The van der Waals surface area contributed by atoms with E-state index in [-0.39, 0.29) is 5.91 Å². The van der Waals surface area contributed by atoms with E-state index < -0.39 is 0 Å². The third-order valence-corrected chi connectivity index (χ3v) is 4.06. The summed E-state index contributed by atoms with van der Waals surface area (Å²) >= 11 is 3.43. The molecule has 1 amide bonds. The van der Waals surface area contributed by atoms with Gasteiger partial charge in [0.05, 0.1) is 5.39 Å². The minimum Gasteiger partial charge on any atom is -0.345 e. The van der Waals surface area contributed by atoms with Crippen LogP contribution in [-0.2, 0) is 0 Å². The molecule has 1 N–H and O–H groups in total. The zero-order chi connectivity index (χ0) is 12.7. The molecule has 2 aromatic rings. The molecule has 0 radical (unpaired) electrons. The Morgan fingerprint density at radius 1 is 1.56 bits per heavy atom. The number of amides is 1. The first-order valence-electron chi connectivity index (χ1n) is 5.97. The van der Waals surface area contributed by atoms with E-state index in [1.807, 2.05) is 4.90 Å². The Morgan fingerprint density at radius 3 is 3.11 bits per heavy atom. The number of nitrogens with one attached hydrogen (secondary N) is 1. The highest BCUT2D eigenvalue weighted by Crippen LogP contribution is 2.27. The quantitative estimate of drug-likeness (QED) is 0.879. The summed E-state index contributed by atoms with van der Waals surface area (Å²) in [6, 6.07) is 0.292. The lowest BCUT2D eigenvalue weighted by Crippen LogP contribution is -2.34. The van der Waals surface area contributed by atoms with Gasteiger partial charge in [0.1, 0.15) is 17.7 Å². The molecule has 3 rings (SSSR count). The third-order valence-electron chi connectivity index (χ3n) is 3.44. The second-order valence-electron chi connectivity index (χ2n) is 4.57. The summed E-state index contributed by atoms with van der Waals surface area (Å²) in [4.78, 5) is 25.7. The van der Waals surface area contributed by atoms with Crippen LogP contribution >= 0.6 is 15.9 Å². The number of aromatic nitrogens is 3. The van der Waals surface area contributed by atoms with E-state index in [1.54, 1.807) is 6.20 Å². The van der Waals surface area contributed by atoms with Gasteiger partial charge in [0.15, 0.2) is 0 Å². The number of rotatable bonds is 1. The first kappa shape index (κ1) is 11.6. The van der Waals surface area contributed by atoms with E-state index in [2.05, 4.69) is 37.8 Å². The van der Waals surface area contributed by atoms with Gasteiger partial charge in [-0.05, 0) is 35.7 Å². The van der Waals surface area contributed by atoms with Crippen molar-refractivity contribution in [3.05, 3.63) is 22.7 Å². The number of nitrogens with zero attached hydrogens (tertiary/aromatic N) is 3. The van der Waals surface area contributed by atoms with Crippen molar-refractivity contribution in [3.8, 4) is 0 Å². The molecule has 6 heteroatoms. The van der Waals surface area contributed by atoms with Crippen molar-refractivity contribution in [1.29, 1.82) is 0 Å². The van der Waals surface area contributed by atoms with E-state index in [1.165, 1.54) is 6.33 Å². The van der Waals surface area contributed by atoms with Crippen molar-refractivity contribution in [1.82, 2.24) is 19.9 Å². The Labute approximate surface area is 113 Å². The molecule has 1 saturated heterocycles. The van der Waals surface area contributed by atoms with Gasteiger partial charge in [-0.25, -0.2) is 9.97 Å². The predicted octanol–water partition coefficient (Wildman–Crippen LogP) is 2.34. The molecule has 1 unspecified atom stereocenters. The first-order chi connectivity index (χ1) is 8.68. The zero-order valence-electron chi connectivity index (χ0n) is 9.98. The SMILES string of the molecule is CC1CCCN1C(=O)c1ncnc2[nH]cc(Br)c12. The summed E-state index contributed by atoms with van der Waals surface area (Å²) in [6.45, 7) is 2.89. The van der Waals surface area contributed by atoms with Crippen molar-refractivity contribution in [2.75, 3.05) is 6.54 Å². The molecule has 1 fully saturated rings. The number of hydrogen-bond donors (Lipinski definition) is 1. The summed E-state index contributed by atoms with van der Waals surface area (Å²) in [6.07, 6.45) is 5.34. The molecule has 1 atom stereocenters. The standard InChI is InChI=1S/C12H13BrN4O/c1-7-3-2-4-17(7)12(18)10-9-8(13)5-14-11(9)16-6-15-10/h5-7H,2-4H2,1H3,(H,14,15,16). The van der Waals surface area contributed by atoms with Gasteiger partial charge in [-0.15, -0.1) is 0 Å². The second kappa shape index (κ2) is 4.35. The van der Waals surface area contributed by atoms with Gasteiger partial charge in [0, 0.05) is 23.3 Å². The lowest BCUT2D eigenvalue weighted by molar-refractivity contribution is 0.0743. The van der Waals surface area contributed by atoms with E-state index in [4.69, 9.17) is 0 Å². The summed E-state index contributed by atoms with van der Waals surface area (Å²) in [5.41, 5.74) is 1.16. The van der Waals surface area contributed by atoms with Crippen LogP contribution in [0.25, 0.3) is 11.0 Å². The van der Waals surface area contributed by atoms with Crippen LogP contribution in [0.1, 0.15) is 30.3 Å². The average Bonchev–Trinajstić information content (AvgIpc) is 2.95. The van der Waals surface area contributed by atoms with Gasteiger partial charge in [-0.1, -0.05) is 0 Å². The fourth-order valence-corrected chi connectivity index (χ4v) is 2.95. The fraction of sp³-hybridized carbons (Fsp3) is 0.417. The van der Waals surface area contributed by atoms with Gasteiger partial charge >= 0.3 is 0 Å². The topological polar surface area (TPSA) is 61.9 Å². The number of hydrogen-bond acceptors (Lipinski definition) is 3. The van der Waals surface area contributed by atoms with Crippen LogP contribution in [0.2, 0.25) is 0 Å². The van der Waals surface area contributed by atoms with Crippen LogP contribution in [0, 0.1) is 0 Å². The number of aromatic amines is 1. The van der Waals surface area contributed by atoms with Crippen LogP contribution in [-0.4, -0.2) is 38.3 Å². The number of halogens is 1. The highest BCUT2D eigenvalue weighted by molar-refractivity contribution is 9.10. The minimum absolute atomic E-state index is 0.00676. The van der Waals surface area contributed by atoms with Gasteiger partial charge in [0.25, 0.3) is 5.91 Å². The Balaban J connectivity index is 2.08. The number of carbonyl (C=O) groups is 1. The zero-order valence-corrected chi connectivity index (χ0v) is 11.6. The van der Waals surface area contributed by atoms with Crippen molar-refractivity contribution in [2.45, 2.75) is 25.8 Å². The fourth-order valence-electron chi connectivity index (χ4n) is 2.46. The summed E-state index contributed by atoms with van der Waals surface area (Å²) in [5, 5.41) is 0.765. The molecule has 1 aliphatic rings. The minimum atomic E-state index is -0.00676. The average molecular weight is 309 g/mol. The Hall–Kier alpha value is -1.43. The molecular formula is C12H13BrN4O. The lowest BCUT2D eigenvalue weighted by atomic mass is 10.2. The summed E-state index contributed by atoms with van der Waals surface area (Å²) in [7, 11) is 0. The predicted molar refractivity (Wildman–Crippen MR) is 71.3 cm³/mol. The van der Waals surface area contributed by atoms with Crippen molar-refractivity contribution < 1.29 is 4.79 Å². The molecule has 1 aliphatic heterocycles. The van der Waals surface area contributed by atoms with Crippen molar-refractivity contribution in [2.24, 2.45) is 0 Å². The number of fused-ring (bicyclic) bond motifs is 1. The Bertz CT molecular complexity index is 609. The molecule has 0 spiro atoms. The molecule has 5 nitrogen and oxygen atoms in total. The molecule has 0 bridgehead atoms. The smallest absolute Gasteiger partial charge is 0.273 e. The molecule has 0 aliphatic carbocycles. The molecular weight excluding hydrogens is 296 g/mol. The maximum atomic E-state index is 12.5. The first-order valence-corrected chi connectivity index (χ1v) is 6.76. The number of H-pyrrole nitrogens is 1. The van der Waals surface area contributed by atoms with E-state index in [9.17, 15) is 4.79 Å². The van der Waals surface area contributed by atoms with Gasteiger partial charge in [-0.2, -0.15) is 0 Å². The van der Waals surface area contributed by atoms with E-state index >= 15 is 0 Å². The number of likely N-dealkylation sites (tertiary alicyclic amines) is 1. The molecule has 94 valence electrons. The maximum absolute atomic E-state index is 12.5. The second-order valence-corrected chi connectivity index (χ2v) is 5.43. The molecule has 3 heterocycles. The van der Waals surface area contributed by atoms with Gasteiger partial charge in [-0.3, -0.25) is 4.79 Å². The highest BCUT2D eigenvalue weighted by Gasteiger charge is 2.28. The van der Waals surface area contributed by atoms with Crippen LogP contribution < -0.4 is 0 Å². The monoisotopic (exact) mass is 308 g/mol. The summed E-state index contributed by atoms with van der Waals surface area (Å²) in [5.74, 6) is -0.00676. The molecule has 0 aromatic carbocycles.